The molecule has 5 nitrogen and oxygen atoms in total. The zero-order chi connectivity index (χ0) is 18.1. The van der Waals surface area contributed by atoms with Crippen LogP contribution in [0.25, 0.3) is 0 Å². The maximum Gasteiger partial charge on any atom is 0.348 e. The summed E-state index contributed by atoms with van der Waals surface area (Å²) in [5.41, 5.74) is 1.71. The van der Waals surface area contributed by atoms with E-state index in [1.165, 1.54) is 6.07 Å². The molecule has 1 unspecified atom stereocenters. The second kappa shape index (κ2) is 6.80. The van der Waals surface area contributed by atoms with E-state index in [1.54, 1.807) is 24.9 Å². The van der Waals surface area contributed by atoms with Gasteiger partial charge in [0.25, 0.3) is 0 Å². The number of aliphatic imine (C=N–C) groups is 1. The molecule has 0 spiro atoms. The summed E-state index contributed by atoms with van der Waals surface area (Å²) in [6.45, 7) is 1.63. The largest absolute Gasteiger partial charge is 0.507 e. The smallest absolute Gasteiger partial charge is 0.348 e. The molecule has 1 aliphatic heterocycles. The summed E-state index contributed by atoms with van der Waals surface area (Å²) in [5.74, 6) is 0.253. The van der Waals surface area contributed by atoms with E-state index in [-0.39, 0.29) is 16.6 Å². The molecule has 0 fully saturated rings. The molecular formula is C20H16N2O3S. The van der Waals surface area contributed by atoms with Crippen LogP contribution in [0.1, 0.15) is 28.7 Å². The van der Waals surface area contributed by atoms with Gasteiger partial charge < -0.3 is 9.52 Å². The Kier molecular flexibility index (Phi) is 4.34. The molecule has 0 bridgehead atoms. The van der Waals surface area contributed by atoms with Crippen molar-refractivity contribution in [2.75, 3.05) is 0 Å². The van der Waals surface area contributed by atoms with Gasteiger partial charge in [-0.3, -0.25) is 9.98 Å². The summed E-state index contributed by atoms with van der Waals surface area (Å²) in [6, 6.07) is 15.0. The van der Waals surface area contributed by atoms with Crippen LogP contribution in [0.2, 0.25) is 0 Å². The molecule has 1 aliphatic rings. The quantitative estimate of drug-likeness (QED) is 0.729. The van der Waals surface area contributed by atoms with Crippen molar-refractivity contribution in [3.8, 4) is 5.75 Å². The van der Waals surface area contributed by atoms with E-state index in [9.17, 15) is 9.90 Å². The molecule has 1 N–H and O–H groups in total. The first-order valence-electron chi connectivity index (χ1n) is 8.20. The summed E-state index contributed by atoms with van der Waals surface area (Å²) in [7, 11) is 0. The van der Waals surface area contributed by atoms with Gasteiger partial charge >= 0.3 is 5.63 Å². The van der Waals surface area contributed by atoms with Crippen LogP contribution in [0.4, 0.5) is 5.69 Å². The number of aryl methyl sites for hydroxylation is 1. The van der Waals surface area contributed by atoms with Gasteiger partial charge in [0, 0.05) is 23.6 Å². The van der Waals surface area contributed by atoms with E-state index in [0.29, 0.717) is 17.9 Å². The van der Waals surface area contributed by atoms with Crippen LogP contribution in [-0.2, 0) is 0 Å². The normalized spacial score (nSPS) is 16.5. The predicted octanol–water partition coefficient (Wildman–Crippen LogP) is 4.41. The fourth-order valence-electron chi connectivity index (χ4n) is 2.96. The third-order valence-corrected chi connectivity index (χ3v) is 5.42. The molecule has 0 amide bonds. The SMILES string of the molecule is Cc1cc(O)c(C2=Nc3ccccc3SC(c3ccccn3)C2)c(=O)o1. The van der Waals surface area contributed by atoms with E-state index in [1.807, 2.05) is 42.5 Å². The van der Waals surface area contributed by atoms with Crippen LogP contribution < -0.4 is 5.63 Å². The number of aromatic hydroxyl groups is 1. The third kappa shape index (κ3) is 3.15. The second-order valence-corrected chi connectivity index (χ2v) is 7.24. The number of hydrogen-bond donors (Lipinski definition) is 1. The summed E-state index contributed by atoms with van der Waals surface area (Å²) in [5, 5.41) is 10.3. The standard InChI is InChI=1S/C20H16N2O3S/c1-12-10-16(23)19(20(24)25-12)15-11-18(13-6-4-5-9-21-13)26-17-8-3-2-7-14(17)22-15/h2-10,18,23H,11H2,1H3. The molecule has 26 heavy (non-hydrogen) atoms. The lowest BCUT2D eigenvalue weighted by molar-refractivity contribution is 0.432. The van der Waals surface area contributed by atoms with E-state index in [4.69, 9.17) is 4.42 Å². The molecule has 1 aromatic carbocycles. The van der Waals surface area contributed by atoms with Crippen LogP contribution in [0.5, 0.6) is 5.75 Å². The molecule has 0 saturated carbocycles. The molecule has 130 valence electrons. The minimum atomic E-state index is -0.578. The van der Waals surface area contributed by atoms with Crippen molar-refractivity contribution in [3.63, 3.8) is 0 Å². The molecule has 1 atom stereocenters. The Bertz CT molecular complexity index is 1040. The summed E-state index contributed by atoms with van der Waals surface area (Å²) in [4.78, 5) is 22.6. The highest BCUT2D eigenvalue weighted by Gasteiger charge is 2.26. The first-order chi connectivity index (χ1) is 12.6. The van der Waals surface area contributed by atoms with Gasteiger partial charge in [0.2, 0.25) is 0 Å². The van der Waals surface area contributed by atoms with Crippen molar-refractivity contribution >= 4 is 23.2 Å². The Hall–Kier alpha value is -2.86. The van der Waals surface area contributed by atoms with Crippen molar-refractivity contribution < 1.29 is 9.52 Å². The first-order valence-corrected chi connectivity index (χ1v) is 9.08. The maximum absolute atomic E-state index is 12.4. The number of para-hydroxylation sites is 1. The molecular weight excluding hydrogens is 348 g/mol. The van der Waals surface area contributed by atoms with E-state index < -0.39 is 5.63 Å². The van der Waals surface area contributed by atoms with Crippen molar-refractivity contribution in [1.29, 1.82) is 0 Å². The first kappa shape index (κ1) is 16.6. The Balaban J connectivity index is 1.88. The Morgan fingerprint density at radius 2 is 2.00 bits per heavy atom. The summed E-state index contributed by atoms with van der Waals surface area (Å²) in [6.07, 6.45) is 2.21. The lowest BCUT2D eigenvalue weighted by Crippen LogP contribution is -2.17. The molecule has 0 aliphatic carbocycles. The predicted molar refractivity (Wildman–Crippen MR) is 101 cm³/mol. The molecule has 2 aromatic heterocycles. The fourth-order valence-corrected chi connectivity index (χ4v) is 4.16. The van der Waals surface area contributed by atoms with Gasteiger partial charge in [-0.25, -0.2) is 4.79 Å². The molecule has 0 radical (unpaired) electrons. The molecule has 4 rings (SSSR count). The van der Waals surface area contributed by atoms with Gasteiger partial charge in [0.15, 0.2) is 0 Å². The number of hydrogen-bond acceptors (Lipinski definition) is 6. The number of pyridine rings is 1. The lowest BCUT2D eigenvalue weighted by Gasteiger charge is -2.15. The minimum Gasteiger partial charge on any atom is -0.507 e. The number of benzene rings is 1. The van der Waals surface area contributed by atoms with Gasteiger partial charge in [-0.05, 0) is 31.2 Å². The van der Waals surface area contributed by atoms with E-state index in [0.717, 1.165) is 16.3 Å². The maximum atomic E-state index is 12.4. The van der Waals surface area contributed by atoms with Gasteiger partial charge in [0.05, 0.1) is 22.3 Å². The van der Waals surface area contributed by atoms with Crippen LogP contribution in [0.15, 0.2) is 73.8 Å². The molecule has 3 aromatic rings. The molecule has 3 heterocycles. The monoisotopic (exact) mass is 364 g/mol. The summed E-state index contributed by atoms with van der Waals surface area (Å²) < 4.78 is 5.19. The number of nitrogens with zero attached hydrogens (tertiary/aromatic N) is 2. The van der Waals surface area contributed by atoms with Crippen LogP contribution in [0, 0.1) is 6.92 Å². The molecule has 6 heteroatoms. The van der Waals surface area contributed by atoms with Gasteiger partial charge in [-0.2, -0.15) is 0 Å². The Morgan fingerprint density at radius 1 is 1.19 bits per heavy atom. The van der Waals surface area contributed by atoms with Crippen molar-refractivity contribution in [1.82, 2.24) is 4.98 Å². The number of fused-ring (bicyclic) bond motifs is 1. The average Bonchev–Trinajstić information content (AvgIpc) is 2.81. The lowest BCUT2D eigenvalue weighted by atomic mass is 10.0. The van der Waals surface area contributed by atoms with E-state index >= 15 is 0 Å². The molecule has 0 saturated heterocycles. The Labute approximate surface area is 154 Å². The van der Waals surface area contributed by atoms with Gasteiger partial charge in [-0.1, -0.05) is 18.2 Å². The highest BCUT2D eigenvalue weighted by molar-refractivity contribution is 7.99. The fraction of sp³-hybridized carbons (Fsp3) is 0.150. The minimum absolute atomic E-state index is 0.0290. The van der Waals surface area contributed by atoms with Crippen LogP contribution in [0.3, 0.4) is 0 Å². The third-order valence-electron chi connectivity index (χ3n) is 4.13. The highest BCUT2D eigenvalue weighted by Crippen LogP contribution is 2.45. The van der Waals surface area contributed by atoms with Crippen LogP contribution >= 0.6 is 11.8 Å². The summed E-state index contributed by atoms with van der Waals surface area (Å²) >= 11 is 1.65. The number of thioether (sulfide) groups is 1. The Morgan fingerprint density at radius 3 is 2.77 bits per heavy atom. The van der Waals surface area contributed by atoms with Crippen molar-refractivity contribution in [3.05, 3.63) is 82.2 Å². The van der Waals surface area contributed by atoms with Gasteiger partial charge in [0.1, 0.15) is 17.1 Å². The zero-order valence-electron chi connectivity index (χ0n) is 14.0. The number of aromatic nitrogens is 1. The highest BCUT2D eigenvalue weighted by atomic mass is 32.2. The van der Waals surface area contributed by atoms with Crippen molar-refractivity contribution in [2.24, 2.45) is 4.99 Å². The van der Waals surface area contributed by atoms with Crippen LogP contribution in [-0.4, -0.2) is 15.8 Å². The average molecular weight is 364 g/mol. The number of rotatable bonds is 2. The van der Waals surface area contributed by atoms with Gasteiger partial charge in [-0.15, -0.1) is 11.8 Å². The van der Waals surface area contributed by atoms with E-state index in [2.05, 4.69) is 9.98 Å². The zero-order valence-corrected chi connectivity index (χ0v) is 14.9. The topological polar surface area (TPSA) is 75.7 Å². The van der Waals surface area contributed by atoms with Crippen molar-refractivity contribution in [2.45, 2.75) is 23.5 Å². The second-order valence-electron chi connectivity index (χ2n) is 6.00.